The second kappa shape index (κ2) is 12.0. The van der Waals surface area contributed by atoms with Crippen molar-refractivity contribution in [3.8, 4) is 6.07 Å². The molecule has 1 aliphatic heterocycles. The van der Waals surface area contributed by atoms with Crippen LogP contribution in [0.1, 0.15) is 11.1 Å². The van der Waals surface area contributed by atoms with Crippen LogP contribution < -0.4 is 10.2 Å². The zero-order valence-electron chi connectivity index (χ0n) is 18.9. The third kappa shape index (κ3) is 6.13. The second-order valence-electron chi connectivity index (χ2n) is 7.98. The number of hydrogen-bond acceptors (Lipinski definition) is 4. The molecule has 36 heavy (non-hydrogen) atoms. The minimum Gasteiger partial charge on any atom is -0.351 e. The Kier molecular flexibility index (Phi) is 8.76. The Morgan fingerprint density at radius 2 is 1.81 bits per heavy atom. The van der Waals surface area contributed by atoms with E-state index in [4.69, 9.17) is 23.2 Å². The van der Waals surface area contributed by atoms with Gasteiger partial charge in [0.2, 0.25) is 5.91 Å². The highest BCUT2D eigenvalue weighted by Gasteiger charge is 2.41. The number of nitrogens with one attached hydrogen (secondary N) is 1. The molecule has 0 aliphatic carbocycles. The second-order valence-corrected chi connectivity index (χ2v) is 10.9. The lowest BCUT2D eigenvalue weighted by Crippen LogP contribution is -2.32. The lowest BCUT2D eigenvalue weighted by Gasteiger charge is -2.19. The van der Waals surface area contributed by atoms with Gasteiger partial charge < -0.3 is 5.32 Å². The third-order valence-corrected chi connectivity index (χ3v) is 7.93. The van der Waals surface area contributed by atoms with Gasteiger partial charge in [-0.15, -0.1) is 0 Å². The molecule has 1 N–H and O–H groups in total. The van der Waals surface area contributed by atoms with Gasteiger partial charge in [-0.3, -0.25) is 14.5 Å². The number of nitriles is 1. The average Bonchev–Trinajstić information content (AvgIpc) is 3.18. The zero-order chi connectivity index (χ0) is 25.7. The van der Waals surface area contributed by atoms with Crippen LogP contribution in [0.2, 0.25) is 10.0 Å². The molecule has 182 valence electrons. The molecule has 0 bridgehead atoms. The summed E-state index contributed by atoms with van der Waals surface area (Å²) in [7, 11) is 0. The van der Waals surface area contributed by atoms with Crippen molar-refractivity contribution in [3.05, 3.63) is 109 Å². The van der Waals surface area contributed by atoms with E-state index in [1.165, 1.54) is 16.7 Å². The van der Waals surface area contributed by atoms with Crippen LogP contribution in [-0.2, 0) is 22.4 Å². The van der Waals surface area contributed by atoms with E-state index >= 15 is 0 Å². The van der Waals surface area contributed by atoms with Gasteiger partial charge in [0.25, 0.3) is 5.91 Å². The summed E-state index contributed by atoms with van der Waals surface area (Å²) in [5.41, 5.74) is 2.30. The molecule has 0 saturated carbocycles. The summed E-state index contributed by atoms with van der Waals surface area (Å²) >= 11 is 17.0. The predicted octanol–water partition coefficient (Wildman–Crippen LogP) is 6.54. The summed E-state index contributed by atoms with van der Waals surface area (Å²) in [6.07, 6.45) is 0.950. The summed E-state index contributed by atoms with van der Waals surface area (Å²) in [6.45, 7) is 0.363. The summed E-state index contributed by atoms with van der Waals surface area (Å²) in [5.74, 6) is -0.746. The van der Waals surface area contributed by atoms with Crippen molar-refractivity contribution in [1.82, 2.24) is 5.32 Å². The van der Waals surface area contributed by atoms with Crippen LogP contribution in [0.15, 0.2) is 87.9 Å². The van der Waals surface area contributed by atoms with Crippen LogP contribution in [0.5, 0.6) is 0 Å². The van der Waals surface area contributed by atoms with E-state index in [-0.39, 0.29) is 11.5 Å². The fraction of sp³-hybridized carbons (Fsp3) is 0.148. The van der Waals surface area contributed by atoms with E-state index in [9.17, 15) is 14.9 Å². The lowest BCUT2D eigenvalue weighted by atomic mass is 10.1. The Morgan fingerprint density at radius 3 is 2.47 bits per heavy atom. The molecule has 1 heterocycles. The molecule has 3 aromatic carbocycles. The van der Waals surface area contributed by atoms with Gasteiger partial charge in [-0.05, 0) is 60.4 Å². The molecule has 0 radical (unpaired) electrons. The molecule has 0 spiro atoms. The van der Waals surface area contributed by atoms with Gasteiger partial charge in [-0.1, -0.05) is 87.3 Å². The first-order chi connectivity index (χ1) is 17.4. The summed E-state index contributed by atoms with van der Waals surface area (Å²) in [5, 5.41) is 13.5. The van der Waals surface area contributed by atoms with Gasteiger partial charge in [0.05, 0.1) is 5.25 Å². The quantitative estimate of drug-likeness (QED) is 0.247. The molecular weight excluding hydrogens is 581 g/mol. The Balaban J connectivity index is 1.63. The molecule has 0 unspecified atom stereocenters. The Hall–Kier alpha value is -2.76. The fourth-order valence-corrected chi connectivity index (χ4v) is 5.80. The number of carbonyl (C=O) groups is 2. The maximum Gasteiger partial charge on any atom is 0.264 e. The maximum absolute atomic E-state index is 13.6. The molecule has 5 nitrogen and oxygen atoms in total. The summed E-state index contributed by atoms with van der Waals surface area (Å²) in [4.78, 5) is 28.1. The van der Waals surface area contributed by atoms with Crippen molar-refractivity contribution in [3.63, 3.8) is 0 Å². The fourth-order valence-electron chi connectivity index (χ4n) is 3.75. The van der Waals surface area contributed by atoms with Crippen molar-refractivity contribution >= 4 is 68.4 Å². The first-order valence-corrected chi connectivity index (χ1v) is 13.5. The van der Waals surface area contributed by atoms with Crippen LogP contribution in [-0.4, -0.2) is 23.6 Å². The molecule has 1 aliphatic rings. The average molecular weight is 601 g/mol. The third-order valence-electron chi connectivity index (χ3n) is 5.55. The minimum atomic E-state index is -0.567. The van der Waals surface area contributed by atoms with E-state index < -0.39 is 11.2 Å². The number of thioether (sulfide) groups is 1. The monoisotopic (exact) mass is 599 g/mol. The highest BCUT2D eigenvalue weighted by Crippen LogP contribution is 2.42. The van der Waals surface area contributed by atoms with Crippen molar-refractivity contribution in [1.29, 1.82) is 5.26 Å². The highest BCUT2D eigenvalue weighted by molar-refractivity contribution is 9.10. The molecule has 1 saturated heterocycles. The first kappa shape index (κ1) is 26.3. The molecule has 2 amide bonds. The van der Waals surface area contributed by atoms with E-state index in [0.29, 0.717) is 40.1 Å². The van der Waals surface area contributed by atoms with E-state index in [1.807, 2.05) is 36.4 Å². The maximum atomic E-state index is 13.6. The van der Waals surface area contributed by atoms with Gasteiger partial charge in [-0.25, -0.2) is 0 Å². The normalized spacial score (nSPS) is 16.6. The number of hydrogen-bond donors (Lipinski definition) is 1. The number of rotatable bonds is 7. The first-order valence-electron chi connectivity index (χ1n) is 11.0. The van der Waals surface area contributed by atoms with Gasteiger partial charge in [0.1, 0.15) is 16.7 Å². The molecule has 4 rings (SSSR count). The van der Waals surface area contributed by atoms with Crippen LogP contribution >= 0.6 is 50.9 Å². The predicted molar refractivity (Wildman–Crippen MR) is 149 cm³/mol. The lowest BCUT2D eigenvalue weighted by molar-refractivity contribution is -0.117. The van der Waals surface area contributed by atoms with Crippen molar-refractivity contribution in [2.24, 2.45) is 0 Å². The van der Waals surface area contributed by atoms with Crippen LogP contribution in [0.25, 0.3) is 0 Å². The van der Waals surface area contributed by atoms with Gasteiger partial charge in [-0.2, -0.15) is 5.26 Å². The Morgan fingerprint density at radius 1 is 1.08 bits per heavy atom. The highest BCUT2D eigenvalue weighted by atomic mass is 79.9. The zero-order valence-corrected chi connectivity index (χ0v) is 22.8. The van der Waals surface area contributed by atoms with Crippen molar-refractivity contribution in [2.45, 2.75) is 18.1 Å². The number of anilines is 1. The van der Waals surface area contributed by atoms with Gasteiger partial charge in [0, 0.05) is 26.8 Å². The topological polar surface area (TPSA) is 73.2 Å². The molecule has 0 aromatic heterocycles. The smallest absolute Gasteiger partial charge is 0.264 e. The molecule has 9 heteroatoms. The van der Waals surface area contributed by atoms with Crippen LogP contribution in [0.3, 0.4) is 0 Å². The number of carbonyl (C=O) groups excluding carboxylic acids is 2. The molecular formula is C27H20BrCl2N3O2S. The number of benzene rings is 3. The summed E-state index contributed by atoms with van der Waals surface area (Å²) in [6, 6.07) is 24.1. The van der Waals surface area contributed by atoms with Crippen molar-refractivity contribution in [2.75, 3.05) is 11.4 Å². The van der Waals surface area contributed by atoms with E-state index in [1.54, 1.807) is 42.5 Å². The van der Waals surface area contributed by atoms with Gasteiger partial charge >= 0.3 is 0 Å². The SMILES string of the molecule is N#C/C(C(=O)NCCc1ccccc1)=C1/S[C@@H](Cc2ccc(Cl)cc2Cl)C(=O)N1c1ccc(Br)cc1. The summed E-state index contributed by atoms with van der Waals surface area (Å²) < 4.78 is 0.847. The molecule has 1 atom stereocenters. The van der Waals surface area contributed by atoms with Crippen molar-refractivity contribution < 1.29 is 9.59 Å². The Bertz CT molecular complexity index is 1360. The van der Waals surface area contributed by atoms with Crippen LogP contribution in [0.4, 0.5) is 5.69 Å². The number of amides is 2. The largest absolute Gasteiger partial charge is 0.351 e. The van der Waals surface area contributed by atoms with E-state index in [2.05, 4.69) is 21.2 Å². The number of halogens is 3. The standard InChI is InChI=1S/C27H20BrCl2N3O2S/c28-19-7-10-21(11-8-19)33-26(35)24(14-18-6-9-20(29)15-23(18)30)36-27(33)22(16-31)25(34)32-13-12-17-4-2-1-3-5-17/h1-11,15,24H,12-14H2,(H,32,34)/b27-22-/t24-/m0/s1. The Labute approximate surface area is 232 Å². The minimum absolute atomic E-state index is 0.103. The number of nitrogens with zero attached hydrogens (tertiary/aromatic N) is 2. The van der Waals surface area contributed by atoms with E-state index in [0.717, 1.165) is 15.6 Å². The molecule has 3 aromatic rings. The molecule has 1 fully saturated rings. The van der Waals surface area contributed by atoms with Gasteiger partial charge in [0.15, 0.2) is 0 Å². The van der Waals surface area contributed by atoms with Crippen LogP contribution in [0, 0.1) is 11.3 Å².